The van der Waals surface area contributed by atoms with E-state index in [4.69, 9.17) is 5.73 Å². The summed E-state index contributed by atoms with van der Waals surface area (Å²) in [5.74, 6) is 0.861. The standard InChI is InChI=1S/C14H27N3O/c1-14(11-15)6-4-8-17(14)13(18)9-12-5-3-7-16(2)10-12/h12H,3-11,15H2,1-2H3. The lowest BCUT2D eigenvalue weighted by atomic mass is 9.93. The molecular formula is C14H27N3O. The maximum Gasteiger partial charge on any atom is 0.223 e. The molecule has 2 aliphatic heterocycles. The molecule has 0 saturated carbocycles. The summed E-state index contributed by atoms with van der Waals surface area (Å²) in [5, 5.41) is 0. The number of hydrogen-bond donors (Lipinski definition) is 1. The van der Waals surface area contributed by atoms with Gasteiger partial charge in [-0.25, -0.2) is 0 Å². The first-order valence-electron chi connectivity index (χ1n) is 7.24. The van der Waals surface area contributed by atoms with Gasteiger partial charge in [0.1, 0.15) is 0 Å². The molecule has 0 spiro atoms. The van der Waals surface area contributed by atoms with E-state index in [9.17, 15) is 4.79 Å². The third kappa shape index (κ3) is 2.86. The van der Waals surface area contributed by atoms with Crippen molar-refractivity contribution >= 4 is 5.91 Å². The summed E-state index contributed by atoms with van der Waals surface area (Å²) in [5.41, 5.74) is 5.76. The van der Waals surface area contributed by atoms with E-state index >= 15 is 0 Å². The average molecular weight is 253 g/mol. The molecule has 4 heteroatoms. The second-order valence-corrected chi connectivity index (χ2v) is 6.32. The molecular weight excluding hydrogens is 226 g/mol. The fourth-order valence-electron chi connectivity index (χ4n) is 3.46. The molecule has 2 N–H and O–H groups in total. The van der Waals surface area contributed by atoms with Crippen LogP contribution in [0.5, 0.6) is 0 Å². The number of nitrogens with two attached hydrogens (primary N) is 1. The highest BCUT2D eigenvalue weighted by Crippen LogP contribution is 2.30. The smallest absolute Gasteiger partial charge is 0.223 e. The molecule has 0 aliphatic carbocycles. The molecule has 104 valence electrons. The van der Waals surface area contributed by atoms with Gasteiger partial charge in [0.2, 0.25) is 5.91 Å². The van der Waals surface area contributed by atoms with E-state index in [1.54, 1.807) is 0 Å². The lowest BCUT2D eigenvalue weighted by Gasteiger charge is -2.36. The van der Waals surface area contributed by atoms with Gasteiger partial charge in [0.05, 0.1) is 5.54 Å². The molecule has 2 atom stereocenters. The normalized spacial score (nSPS) is 33.9. The minimum atomic E-state index is -0.0857. The van der Waals surface area contributed by atoms with Crippen molar-refractivity contribution in [3.8, 4) is 0 Å². The van der Waals surface area contributed by atoms with Crippen LogP contribution in [0, 0.1) is 5.92 Å². The quantitative estimate of drug-likeness (QED) is 0.818. The van der Waals surface area contributed by atoms with Crippen molar-refractivity contribution in [3.63, 3.8) is 0 Å². The van der Waals surface area contributed by atoms with Crippen molar-refractivity contribution in [2.75, 3.05) is 33.2 Å². The zero-order chi connectivity index (χ0) is 13.2. The Morgan fingerprint density at radius 3 is 2.83 bits per heavy atom. The number of hydrogen-bond acceptors (Lipinski definition) is 3. The number of likely N-dealkylation sites (tertiary alicyclic amines) is 2. The van der Waals surface area contributed by atoms with E-state index in [1.807, 2.05) is 4.90 Å². The Balaban J connectivity index is 1.91. The van der Waals surface area contributed by atoms with Crippen LogP contribution < -0.4 is 5.73 Å². The maximum atomic E-state index is 12.4. The maximum absolute atomic E-state index is 12.4. The molecule has 2 rings (SSSR count). The molecule has 2 fully saturated rings. The highest BCUT2D eigenvalue weighted by molar-refractivity contribution is 5.77. The molecule has 2 aliphatic rings. The summed E-state index contributed by atoms with van der Waals surface area (Å²) in [6, 6.07) is 0. The first-order valence-corrected chi connectivity index (χ1v) is 7.24. The van der Waals surface area contributed by atoms with Crippen molar-refractivity contribution in [1.29, 1.82) is 0 Å². The van der Waals surface area contributed by atoms with Gasteiger partial charge >= 0.3 is 0 Å². The van der Waals surface area contributed by atoms with Gasteiger partial charge < -0.3 is 15.5 Å². The molecule has 1 amide bonds. The largest absolute Gasteiger partial charge is 0.336 e. The van der Waals surface area contributed by atoms with Crippen LogP contribution in [0.1, 0.15) is 39.0 Å². The molecule has 0 radical (unpaired) electrons. The molecule has 2 heterocycles. The summed E-state index contributed by atoms with van der Waals surface area (Å²) < 4.78 is 0. The third-order valence-electron chi connectivity index (χ3n) is 4.67. The van der Waals surface area contributed by atoms with Gasteiger partial charge in [0, 0.05) is 26.1 Å². The van der Waals surface area contributed by atoms with E-state index in [0.717, 1.165) is 25.9 Å². The highest BCUT2D eigenvalue weighted by Gasteiger charge is 2.38. The van der Waals surface area contributed by atoms with Gasteiger partial charge in [0.25, 0.3) is 0 Å². The van der Waals surface area contributed by atoms with Crippen molar-refractivity contribution < 1.29 is 4.79 Å². The molecule has 0 aromatic carbocycles. The van der Waals surface area contributed by atoms with Gasteiger partial charge in [-0.1, -0.05) is 0 Å². The average Bonchev–Trinajstić information content (AvgIpc) is 2.72. The Hall–Kier alpha value is -0.610. The lowest BCUT2D eigenvalue weighted by molar-refractivity contribution is -0.136. The van der Waals surface area contributed by atoms with Crippen molar-refractivity contribution in [3.05, 3.63) is 0 Å². The minimum Gasteiger partial charge on any atom is -0.336 e. The predicted molar refractivity (Wildman–Crippen MR) is 73.2 cm³/mol. The number of rotatable bonds is 3. The molecule has 2 unspecified atom stereocenters. The Morgan fingerprint density at radius 2 is 2.17 bits per heavy atom. The fourth-order valence-corrected chi connectivity index (χ4v) is 3.46. The van der Waals surface area contributed by atoms with Crippen LogP contribution >= 0.6 is 0 Å². The summed E-state index contributed by atoms with van der Waals surface area (Å²) in [7, 11) is 2.15. The number of carbonyl (C=O) groups excluding carboxylic acids is 1. The van der Waals surface area contributed by atoms with Crippen LogP contribution in [-0.2, 0) is 4.79 Å². The van der Waals surface area contributed by atoms with E-state index in [-0.39, 0.29) is 5.54 Å². The lowest BCUT2D eigenvalue weighted by Crippen LogP contribution is -2.50. The number of amides is 1. The molecule has 2 saturated heterocycles. The Bertz CT molecular complexity index is 307. The third-order valence-corrected chi connectivity index (χ3v) is 4.67. The van der Waals surface area contributed by atoms with Gasteiger partial charge in [-0.05, 0) is 52.1 Å². The minimum absolute atomic E-state index is 0.0857. The first kappa shape index (κ1) is 13.8. The van der Waals surface area contributed by atoms with Crippen LogP contribution in [0.4, 0.5) is 0 Å². The van der Waals surface area contributed by atoms with E-state index < -0.39 is 0 Å². The Kier molecular flexibility index (Phi) is 4.28. The Labute approximate surface area is 110 Å². The van der Waals surface area contributed by atoms with E-state index in [1.165, 1.54) is 19.4 Å². The Morgan fingerprint density at radius 1 is 1.39 bits per heavy atom. The van der Waals surface area contributed by atoms with E-state index in [2.05, 4.69) is 18.9 Å². The number of nitrogens with zero attached hydrogens (tertiary/aromatic N) is 2. The molecule has 0 aromatic heterocycles. The van der Waals surface area contributed by atoms with Crippen LogP contribution in [0.2, 0.25) is 0 Å². The van der Waals surface area contributed by atoms with Crippen LogP contribution in [0.15, 0.2) is 0 Å². The predicted octanol–water partition coefficient (Wildman–Crippen LogP) is 1.06. The molecule has 0 aromatic rings. The van der Waals surface area contributed by atoms with Crippen LogP contribution in [0.3, 0.4) is 0 Å². The summed E-state index contributed by atoms with van der Waals surface area (Å²) in [6.07, 6.45) is 5.29. The van der Waals surface area contributed by atoms with Crippen molar-refractivity contribution in [1.82, 2.24) is 9.80 Å². The molecule has 4 nitrogen and oxygen atoms in total. The van der Waals surface area contributed by atoms with Crippen LogP contribution in [0.25, 0.3) is 0 Å². The van der Waals surface area contributed by atoms with Crippen molar-refractivity contribution in [2.45, 2.75) is 44.6 Å². The zero-order valence-corrected chi connectivity index (χ0v) is 11.8. The van der Waals surface area contributed by atoms with Crippen LogP contribution in [-0.4, -0.2) is 54.5 Å². The highest BCUT2D eigenvalue weighted by atomic mass is 16.2. The topological polar surface area (TPSA) is 49.6 Å². The number of piperidine rings is 1. The second-order valence-electron chi connectivity index (χ2n) is 6.32. The summed E-state index contributed by atoms with van der Waals surface area (Å²) >= 11 is 0. The zero-order valence-electron chi connectivity index (χ0n) is 11.8. The molecule has 18 heavy (non-hydrogen) atoms. The van der Waals surface area contributed by atoms with Crippen molar-refractivity contribution in [2.24, 2.45) is 11.7 Å². The second kappa shape index (κ2) is 5.57. The van der Waals surface area contributed by atoms with Gasteiger partial charge in [-0.3, -0.25) is 4.79 Å². The SMILES string of the molecule is CN1CCCC(CC(=O)N2CCCC2(C)CN)C1. The van der Waals surface area contributed by atoms with Gasteiger partial charge in [-0.2, -0.15) is 0 Å². The fraction of sp³-hybridized carbons (Fsp3) is 0.929. The summed E-state index contributed by atoms with van der Waals surface area (Å²) in [6.45, 7) is 5.86. The molecule has 0 bridgehead atoms. The number of carbonyl (C=O) groups is 1. The van der Waals surface area contributed by atoms with Gasteiger partial charge in [0.15, 0.2) is 0 Å². The monoisotopic (exact) mass is 253 g/mol. The van der Waals surface area contributed by atoms with Gasteiger partial charge in [-0.15, -0.1) is 0 Å². The summed E-state index contributed by atoms with van der Waals surface area (Å²) in [4.78, 5) is 16.8. The van der Waals surface area contributed by atoms with E-state index in [0.29, 0.717) is 24.8 Å². The first-order chi connectivity index (χ1) is 8.55.